The summed E-state index contributed by atoms with van der Waals surface area (Å²) < 4.78 is 1.05. The molecule has 0 aliphatic rings. The molecule has 2 nitrogen and oxygen atoms in total. The van der Waals surface area contributed by atoms with Gasteiger partial charge in [0.15, 0.2) is 0 Å². The molecule has 0 aliphatic carbocycles. The molecular weight excluding hydrogens is 302 g/mol. The van der Waals surface area contributed by atoms with Gasteiger partial charge in [0.25, 0.3) is 0 Å². The zero-order valence-electron chi connectivity index (χ0n) is 10.2. The van der Waals surface area contributed by atoms with Crippen molar-refractivity contribution in [3.63, 3.8) is 0 Å². The maximum absolute atomic E-state index is 9.41. The van der Waals surface area contributed by atoms with Crippen LogP contribution in [0.15, 0.2) is 59.2 Å². The molecule has 19 heavy (non-hydrogen) atoms. The number of nitrogens with zero attached hydrogens (tertiary/aromatic N) is 1. The number of pyridine rings is 1. The number of hydrogen-bond donors (Lipinski definition) is 1. The molecule has 0 atom stereocenters. The summed E-state index contributed by atoms with van der Waals surface area (Å²) in [5.41, 5.74) is 2.95. The van der Waals surface area contributed by atoms with E-state index in [-0.39, 0.29) is 6.61 Å². The Labute approximate surface area is 119 Å². The van der Waals surface area contributed by atoms with Gasteiger partial charge in [0.2, 0.25) is 0 Å². The Balaban J connectivity index is 2.27. The average molecular weight is 314 g/mol. The summed E-state index contributed by atoms with van der Waals surface area (Å²) in [5, 5.41) is 11.5. The van der Waals surface area contributed by atoms with E-state index in [1.54, 1.807) is 6.20 Å². The summed E-state index contributed by atoms with van der Waals surface area (Å²) in [6.45, 7) is 0.0428. The van der Waals surface area contributed by atoms with Crippen LogP contribution in [-0.2, 0) is 6.61 Å². The first-order valence-electron chi connectivity index (χ1n) is 6.03. The molecule has 0 amide bonds. The third-order valence-electron chi connectivity index (χ3n) is 3.18. The van der Waals surface area contributed by atoms with Gasteiger partial charge >= 0.3 is 0 Å². The van der Waals surface area contributed by atoms with E-state index in [9.17, 15) is 5.11 Å². The highest BCUT2D eigenvalue weighted by molar-refractivity contribution is 9.10. The topological polar surface area (TPSA) is 33.1 Å². The van der Waals surface area contributed by atoms with Gasteiger partial charge in [0.1, 0.15) is 0 Å². The first-order chi connectivity index (χ1) is 9.29. The molecule has 0 saturated heterocycles. The second kappa shape index (κ2) is 5.11. The highest BCUT2D eigenvalue weighted by Crippen LogP contribution is 2.29. The molecule has 3 aromatic rings. The number of hydrogen-bond acceptors (Lipinski definition) is 2. The molecule has 1 aromatic heterocycles. The number of rotatable bonds is 2. The van der Waals surface area contributed by atoms with Crippen LogP contribution in [0.2, 0.25) is 0 Å². The van der Waals surface area contributed by atoms with Crippen molar-refractivity contribution in [2.75, 3.05) is 0 Å². The third kappa shape index (κ3) is 2.27. The van der Waals surface area contributed by atoms with E-state index in [1.807, 2.05) is 48.5 Å². The number of benzene rings is 2. The maximum Gasteiger partial charge on any atom is 0.0780 e. The van der Waals surface area contributed by atoms with Crippen molar-refractivity contribution in [1.82, 2.24) is 4.98 Å². The average Bonchev–Trinajstić information content (AvgIpc) is 2.47. The lowest BCUT2D eigenvalue weighted by Crippen LogP contribution is -1.90. The van der Waals surface area contributed by atoms with E-state index < -0.39 is 0 Å². The number of aliphatic hydroxyl groups is 1. The second-order valence-electron chi connectivity index (χ2n) is 4.34. The summed E-state index contributed by atoms with van der Waals surface area (Å²) in [7, 11) is 0. The lowest BCUT2D eigenvalue weighted by atomic mass is 10.0. The molecule has 3 heteroatoms. The molecule has 0 bridgehead atoms. The Kier molecular flexibility index (Phi) is 3.32. The van der Waals surface area contributed by atoms with Crippen molar-refractivity contribution in [2.45, 2.75) is 6.61 Å². The molecule has 0 aliphatic heterocycles. The standard InChI is InChI=1S/C16H12BrNO/c17-13-6-4-11(5-7-13)16-15-3-1-2-12(10-19)14(15)8-9-18-16/h1-9,19H,10H2. The Morgan fingerprint density at radius 2 is 1.74 bits per heavy atom. The largest absolute Gasteiger partial charge is 0.392 e. The first kappa shape index (κ1) is 12.3. The maximum atomic E-state index is 9.41. The van der Waals surface area contributed by atoms with E-state index in [4.69, 9.17) is 0 Å². The van der Waals surface area contributed by atoms with Gasteiger partial charge in [-0.25, -0.2) is 0 Å². The van der Waals surface area contributed by atoms with Crippen LogP contribution in [0.3, 0.4) is 0 Å². The predicted molar refractivity (Wildman–Crippen MR) is 80.8 cm³/mol. The third-order valence-corrected chi connectivity index (χ3v) is 3.71. The van der Waals surface area contributed by atoms with Crippen LogP contribution in [0.25, 0.3) is 22.0 Å². The SMILES string of the molecule is OCc1cccc2c(-c3ccc(Br)cc3)nccc12. The summed E-state index contributed by atoms with van der Waals surface area (Å²) in [6, 6.07) is 16.0. The molecule has 2 aromatic carbocycles. The summed E-state index contributed by atoms with van der Waals surface area (Å²) >= 11 is 3.44. The normalized spacial score (nSPS) is 10.8. The molecule has 0 fully saturated rings. The van der Waals surface area contributed by atoms with E-state index >= 15 is 0 Å². The van der Waals surface area contributed by atoms with Crippen LogP contribution in [0, 0.1) is 0 Å². The molecule has 1 N–H and O–H groups in total. The van der Waals surface area contributed by atoms with Gasteiger partial charge in [0, 0.05) is 21.6 Å². The van der Waals surface area contributed by atoms with Crippen molar-refractivity contribution in [1.29, 1.82) is 0 Å². The Morgan fingerprint density at radius 1 is 0.947 bits per heavy atom. The molecule has 0 saturated carbocycles. The smallest absolute Gasteiger partial charge is 0.0780 e. The van der Waals surface area contributed by atoms with Gasteiger partial charge in [-0.3, -0.25) is 4.98 Å². The van der Waals surface area contributed by atoms with Gasteiger partial charge in [-0.15, -0.1) is 0 Å². The lowest BCUT2D eigenvalue weighted by molar-refractivity contribution is 0.283. The number of aromatic nitrogens is 1. The first-order valence-corrected chi connectivity index (χ1v) is 6.82. The minimum Gasteiger partial charge on any atom is -0.392 e. The minimum absolute atomic E-state index is 0.0428. The van der Waals surface area contributed by atoms with E-state index in [0.29, 0.717) is 0 Å². The summed E-state index contributed by atoms with van der Waals surface area (Å²) in [4.78, 5) is 4.49. The Morgan fingerprint density at radius 3 is 2.47 bits per heavy atom. The van der Waals surface area contributed by atoms with Gasteiger partial charge < -0.3 is 5.11 Å². The second-order valence-corrected chi connectivity index (χ2v) is 5.25. The van der Waals surface area contributed by atoms with Crippen molar-refractivity contribution in [3.05, 3.63) is 64.8 Å². The number of fused-ring (bicyclic) bond motifs is 1. The van der Waals surface area contributed by atoms with Gasteiger partial charge in [-0.2, -0.15) is 0 Å². The van der Waals surface area contributed by atoms with Crippen molar-refractivity contribution in [3.8, 4) is 11.3 Å². The number of halogens is 1. The molecule has 3 rings (SSSR count). The highest BCUT2D eigenvalue weighted by Gasteiger charge is 2.07. The van der Waals surface area contributed by atoms with E-state index in [2.05, 4.69) is 20.9 Å². The fraction of sp³-hybridized carbons (Fsp3) is 0.0625. The fourth-order valence-electron chi connectivity index (χ4n) is 2.25. The van der Waals surface area contributed by atoms with Crippen molar-refractivity contribution < 1.29 is 5.11 Å². The summed E-state index contributed by atoms with van der Waals surface area (Å²) in [5.74, 6) is 0. The predicted octanol–water partition coefficient (Wildman–Crippen LogP) is 4.16. The lowest BCUT2D eigenvalue weighted by Gasteiger charge is -2.08. The van der Waals surface area contributed by atoms with Gasteiger partial charge in [-0.05, 0) is 29.1 Å². The molecule has 0 unspecified atom stereocenters. The van der Waals surface area contributed by atoms with E-state index in [0.717, 1.165) is 32.1 Å². The fourth-order valence-corrected chi connectivity index (χ4v) is 2.51. The van der Waals surface area contributed by atoms with Crippen LogP contribution < -0.4 is 0 Å². The molecule has 1 heterocycles. The van der Waals surface area contributed by atoms with Crippen LogP contribution in [0.1, 0.15) is 5.56 Å². The zero-order valence-corrected chi connectivity index (χ0v) is 11.8. The Bertz CT molecular complexity index is 722. The minimum atomic E-state index is 0.0428. The number of aliphatic hydroxyl groups excluding tert-OH is 1. The van der Waals surface area contributed by atoms with E-state index in [1.165, 1.54) is 0 Å². The van der Waals surface area contributed by atoms with Crippen LogP contribution >= 0.6 is 15.9 Å². The van der Waals surface area contributed by atoms with Crippen molar-refractivity contribution in [2.24, 2.45) is 0 Å². The molecule has 94 valence electrons. The van der Waals surface area contributed by atoms with Crippen LogP contribution in [0.5, 0.6) is 0 Å². The summed E-state index contributed by atoms with van der Waals surface area (Å²) in [6.07, 6.45) is 1.79. The van der Waals surface area contributed by atoms with Gasteiger partial charge in [0.05, 0.1) is 12.3 Å². The van der Waals surface area contributed by atoms with Crippen LogP contribution in [-0.4, -0.2) is 10.1 Å². The van der Waals surface area contributed by atoms with Crippen LogP contribution in [0.4, 0.5) is 0 Å². The highest BCUT2D eigenvalue weighted by atomic mass is 79.9. The van der Waals surface area contributed by atoms with Gasteiger partial charge in [-0.1, -0.05) is 46.3 Å². The molecule has 0 radical (unpaired) electrons. The monoisotopic (exact) mass is 313 g/mol. The Hall–Kier alpha value is -1.71. The van der Waals surface area contributed by atoms with Crippen molar-refractivity contribution >= 4 is 26.7 Å². The quantitative estimate of drug-likeness (QED) is 0.770. The zero-order chi connectivity index (χ0) is 13.2. The molecular formula is C16H12BrNO. The molecule has 0 spiro atoms.